The molecule has 6 heteroatoms. The summed E-state index contributed by atoms with van der Waals surface area (Å²) in [5.41, 5.74) is -0.163. The third-order valence-corrected chi connectivity index (χ3v) is 4.15. The van der Waals surface area contributed by atoms with Crippen LogP contribution in [-0.4, -0.2) is 29.7 Å². The number of rotatable bonds is 1. The second-order valence-electron chi connectivity index (χ2n) is 6.17. The van der Waals surface area contributed by atoms with Gasteiger partial charge in [-0.25, -0.2) is 9.18 Å². The standard InChI is InChI=1S/C15H18Cl2FNO2/c1-15(2,3)21-14(20)19-7-6-9(8-19)12-11(18)5-4-10(16)13(12)17/h4-5,9H,6-8H2,1-3H3/t9-/m0/s1. The highest BCUT2D eigenvalue weighted by molar-refractivity contribution is 6.42. The first kappa shape index (κ1) is 16.4. The van der Waals surface area contributed by atoms with Gasteiger partial charge in [0.25, 0.3) is 0 Å². The van der Waals surface area contributed by atoms with Crippen molar-refractivity contribution >= 4 is 29.3 Å². The minimum Gasteiger partial charge on any atom is -0.444 e. The topological polar surface area (TPSA) is 29.5 Å². The number of nitrogens with zero attached hydrogens (tertiary/aromatic N) is 1. The van der Waals surface area contributed by atoms with E-state index in [2.05, 4.69) is 0 Å². The van der Waals surface area contributed by atoms with Gasteiger partial charge in [-0.05, 0) is 39.3 Å². The number of hydrogen-bond acceptors (Lipinski definition) is 2. The Morgan fingerprint density at radius 1 is 1.38 bits per heavy atom. The number of ether oxygens (including phenoxy) is 1. The molecule has 21 heavy (non-hydrogen) atoms. The van der Waals surface area contributed by atoms with Gasteiger partial charge in [-0.2, -0.15) is 0 Å². The van der Waals surface area contributed by atoms with Crippen LogP contribution in [0, 0.1) is 5.82 Å². The highest BCUT2D eigenvalue weighted by Crippen LogP contribution is 2.37. The van der Waals surface area contributed by atoms with Crippen LogP contribution in [-0.2, 0) is 4.74 Å². The minimum atomic E-state index is -0.547. The summed E-state index contributed by atoms with van der Waals surface area (Å²) in [4.78, 5) is 13.6. The van der Waals surface area contributed by atoms with Gasteiger partial charge in [-0.1, -0.05) is 23.2 Å². The molecule has 1 aromatic carbocycles. The van der Waals surface area contributed by atoms with Crippen molar-refractivity contribution in [2.24, 2.45) is 0 Å². The summed E-state index contributed by atoms with van der Waals surface area (Å²) in [7, 11) is 0. The molecule has 0 bridgehead atoms. The largest absolute Gasteiger partial charge is 0.444 e. The van der Waals surface area contributed by atoms with Crippen LogP contribution in [0.2, 0.25) is 10.0 Å². The van der Waals surface area contributed by atoms with E-state index < -0.39 is 5.60 Å². The molecule has 1 saturated heterocycles. The van der Waals surface area contributed by atoms with Gasteiger partial charge < -0.3 is 9.64 Å². The Morgan fingerprint density at radius 2 is 2.05 bits per heavy atom. The summed E-state index contributed by atoms with van der Waals surface area (Å²) < 4.78 is 19.3. The average molecular weight is 334 g/mol. The molecule has 116 valence electrons. The molecule has 1 atom stereocenters. The maximum absolute atomic E-state index is 14.0. The first-order valence-corrected chi connectivity index (χ1v) is 7.56. The van der Waals surface area contributed by atoms with Crippen molar-refractivity contribution in [1.82, 2.24) is 4.90 Å². The van der Waals surface area contributed by atoms with Gasteiger partial charge in [0.15, 0.2) is 0 Å². The van der Waals surface area contributed by atoms with Crippen LogP contribution in [0.5, 0.6) is 0 Å². The first-order chi connectivity index (χ1) is 9.69. The lowest BCUT2D eigenvalue weighted by atomic mass is 9.98. The van der Waals surface area contributed by atoms with E-state index in [9.17, 15) is 9.18 Å². The van der Waals surface area contributed by atoms with E-state index in [1.165, 1.54) is 12.1 Å². The van der Waals surface area contributed by atoms with Gasteiger partial charge in [0.05, 0.1) is 10.0 Å². The fraction of sp³-hybridized carbons (Fsp3) is 0.533. The molecule has 1 fully saturated rings. The number of likely N-dealkylation sites (tertiary alicyclic amines) is 1. The van der Waals surface area contributed by atoms with Crippen LogP contribution in [0.4, 0.5) is 9.18 Å². The molecule has 2 rings (SSSR count). The maximum atomic E-state index is 14.0. The molecule has 1 aromatic rings. The summed E-state index contributed by atoms with van der Waals surface area (Å²) in [6.45, 7) is 6.33. The SMILES string of the molecule is CC(C)(C)OC(=O)N1CC[C@H](c2c(F)ccc(Cl)c2Cl)C1. The average Bonchev–Trinajstić information content (AvgIpc) is 2.82. The molecule has 1 aliphatic rings. The second-order valence-corrected chi connectivity index (χ2v) is 6.95. The van der Waals surface area contributed by atoms with Gasteiger partial charge >= 0.3 is 6.09 Å². The van der Waals surface area contributed by atoms with Crippen molar-refractivity contribution in [3.05, 3.63) is 33.6 Å². The summed E-state index contributed by atoms with van der Waals surface area (Å²) in [5, 5.41) is 0.552. The molecular formula is C15H18Cl2FNO2. The Kier molecular flexibility index (Phi) is 4.69. The molecule has 0 saturated carbocycles. The van der Waals surface area contributed by atoms with Gasteiger partial charge in [0.1, 0.15) is 11.4 Å². The zero-order valence-electron chi connectivity index (χ0n) is 12.3. The number of halogens is 3. The highest BCUT2D eigenvalue weighted by atomic mass is 35.5. The molecule has 3 nitrogen and oxygen atoms in total. The lowest BCUT2D eigenvalue weighted by molar-refractivity contribution is 0.0292. The summed E-state index contributed by atoms with van der Waals surface area (Å²) in [6, 6.07) is 2.74. The van der Waals surface area contributed by atoms with Crippen LogP contribution >= 0.6 is 23.2 Å². The fourth-order valence-electron chi connectivity index (χ4n) is 2.41. The van der Waals surface area contributed by atoms with Crippen LogP contribution in [0.1, 0.15) is 38.7 Å². The molecular weight excluding hydrogens is 316 g/mol. The fourth-order valence-corrected chi connectivity index (χ4v) is 2.88. The quantitative estimate of drug-likeness (QED) is 0.687. The van der Waals surface area contributed by atoms with E-state index in [1.807, 2.05) is 20.8 Å². The molecule has 0 unspecified atom stereocenters. The first-order valence-electron chi connectivity index (χ1n) is 6.80. The van der Waals surface area contributed by atoms with Gasteiger partial charge in [-0.15, -0.1) is 0 Å². The zero-order chi connectivity index (χ0) is 15.8. The highest BCUT2D eigenvalue weighted by Gasteiger charge is 2.33. The van der Waals surface area contributed by atoms with E-state index in [0.29, 0.717) is 30.1 Å². The Hall–Kier alpha value is -1.000. The lowest BCUT2D eigenvalue weighted by Crippen LogP contribution is -2.35. The van der Waals surface area contributed by atoms with E-state index in [-0.39, 0.29) is 22.9 Å². The smallest absolute Gasteiger partial charge is 0.410 e. The zero-order valence-corrected chi connectivity index (χ0v) is 13.8. The third kappa shape index (κ3) is 3.80. The molecule has 0 aliphatic carbocycles. The molecule has 0 aromatic heterocycles. The number of benzene rings is 1. The molecule has 0 radical (unpaired) electrons. The minimum absolute atomic E-state index is 0.163. The Morgan fingerprint density at radius 3 is 2.67 bits per heavy atom. The predicted molar refractivity (Wildman–Crippen MR) is 81.6 cm³/mol. The van der Waals surface area contributed by atoms with Crippen molar-refractivity contribution in [3.8, 4) is 0 Å². The Labute approximate surface area is 134 Å². The Bertz CT molecular complexity index is 557. The van der Waals surface area contributed by atoms with E-state index in [1.54, 1.807) is 4.90 Å². The predicted octanol–water partition coefficient (Wildman–Crippen LogP) is 4.86. The van der Waals surface area contributed by atoms with Crippen LogP contribution < -0.4 is 0 Å². The number of amides is 1. The van der Waals surface area contributed by atoms with Gasteiger partial charge in [0, 0.05) is 24.6 Å². The van der Waals surface area contributed by atoms with Gasteiger partial charge in [-0.3, -0.25) is 0 Å². The van der Waals surface area contributed by atoms with Crippen LogP contribution in [0.15, 0.2) is 12.1 Å². The maximum Gasteiger partial charge on any atom is 0.410 e. The third-order valence-electron chi connectivity index (χ3n) is 3.33. The number of carbonyl (C=O) groups excluding carboxylic acids is 1. The second kappa shape index (κ2) is 6.01. The molecule has 1 heterocycles. The molecule has 1 amide bonds. The van der Waals surface area contributed by atoms with Crippen molar-refractivity contribution in [1.29, 1.82) is 0 Å². The van der Waals surface area contributed by atoms with Crippen molar-refractivity contribution in [3.63, 3.8) is 0 Å². The van der Waals surface area contributed by atoms with E-state index in [0.717, 1.165) is 0 Å². The molecule has 0 N–H and O–H groups in total. The van der Waals surface area contributed by atoms with Crippen molar-refractivity contribution in [2.75, 3.05) is 13.1 Å². The van der Waals surface area contributed by atoms with Crippen molar-refractivity contribution in [2.45, 2.75) is 38.7 Å². The monoisotopic (exact) mass is 333 g/mol. The van der Waals surface area contributed by atoms with Gasteiger partial charge in [0.2, 0.25) is 0 Å². The number of carbonyl (C=O) groups is 1. The molecule has 0 spiro atoms. The summed E-state index contributed by atoms with van der Waals surface area (Å²) in [6.07, 6.45) is 0.250. The summed E-state index contributed by atoms with van der Waals surface area (Å²) in [5.74, 6) is -0.552. The van der Waals surface area contributed by atoms with Crippen LogP contribution in [0.3, 0.4) is 0 Å². The van der Waals surface area contributed by atoms with Crippen molar-refractivity contribution < 1.29 is 13.9 Å². The normalized spacial score (nSPS) is 19.0. The van der Waals surface area contributed by atoms with E-state index >= 15 is 0 Å². The number of hydrogen-bond donors (Lipinski definition) is 0. The summed E-state index contributed by atoms with van der Waals surface area (Å²) >= 11 is 12.1. The lowest BCUT2D eigenvalue weighted by Gasteiger charge is -2.24. The van der Waals surface area contributed by atoms with E-state index in [4.69, 9.17) is 27.9 Å². The van der Waals surface area contributed by atoms with Crippen LogP contribution in [0.25, 0.3) is 0 Å². The molecule has 1 aliphatic heterocycles. The Balaban J connectivity index is 2.13.